The van der Waals surface area contributed by atoms with Crippen molar-refractivity contribution in [2.75, 3.05) is 18.8 Å². The van der Waals surface area contributed by atoms with Gasteiger partial charge in [-0.1, -0.05) is 31.4 Å². The zero-order valence-corrected chi connectivity index (χ0v) is 20.3. The highest BCUT2D eigenvalue weighted by atomic mass is 32.2. The third-order valence-corrected chi connectivity index (χ3v) is 9.70. The number of hydrogen-bond acceptors (Lipinski definition) is 5. The van der Waals surface area contributed by atoms with Gasteiger partial charge in [0.2, 0.25) is 10.0 Å². The lowest BCUT2D eigenvalue weighted by Crippen LogP contribution is -2.48. The normalized spacial score (nSPS) is 21.2. The molecule has 0 unspecified atom stereocenters. The molecule has 0 N–H and O–H groups in total. The van der Waals surface area contributed by atoms with Gasteiger partial charge >= 0.3 is 0 Å². The van der Waals surface area contributed by atoms with Gasteiger partial charge in [0.15, 0.2) is 9.84 Å². The van der Waals surface area contributed by atoms with Crippen molar-refractivity contribution in [2.45, 2.75) is 88.6 Å². The first kappa shape index (κ1) is 25.3. The summed E-state index contributed by atoms with van der Waals surface area (Å²) >= 11 is 0. The molecule has 6 nitrogen and oxygen atoms in total. The van der Waals surface area contributed by atoms with Gasteiger partial charge in [-0.05, 0) is 64.7 Å². The summed E-state index contributed by atoms with van der Waals surface area (Å²) in [4.78, 5) is 0.332. The average molecular weight is 460 g/mol. The smallest absolute Gasteiger partial charge is 0.243 e. The van der Waals surface area contributed by atoms with Crippen molar-refractivity contribution < 1.29 is 21.6 Å². The van der Waals surface area contributed by atoms with Gasteiger partial charge in [0.25, 0.3) is 0 Å². The van der Waals surface area contributed by atoms with Crippen LogP contribution >= 0.6 is 0 Å². The SMILES string of the molecule is CC(C)S(=O)(=O)CCCCCCCc1ccc(S(=O)(=O)N2C[C@@H](C)O[C@@H](C)C2)cc1. The summed E-state index contributed by atoms with van der Waals surface area (Å²) in [7, 11) is -6.42. The highest BCUT2D eigenvalue weighted by Crippen LogP contribution is 2.22. The Bertz CT molecular complexity index is 853. The molecule has 2 rings (SSSR count). The molecule has 1 fully saturated rings. The minimum Gasteiger partial charge on any atom is -0.373 e. The summed E-state index contributed by atoms with van der Waals surface area (Å²) in [6.07, 6.45) is 5.43. The molecule has 0 amide bonds. The van der Waals surface area contributed by atoms with Crippen molar-refractivity contribution in [3.05, 3.63) is 29.8 Å². The van der Waals surface area contributed by atoms with E-state index >= 15 is 0 Å². The fraction of sp³-hybridized carbons (Fsp3) is 0.727. The quantitative estimate of drug-likeness (QED) is 0.470. The number of sulfonamides is 1. The molecule has 0 bridgehead atoms. The van der Waals surface area contributed by atoms with Crippen molar-refractivity contribution in [3.8, 4) is 0 Å². The Kier molecular flexibility index (Phi) is 9.33. The molecule has 1 aliphatic heterocycles. The molecular weight excluding hydrogens is 422 g/mol. The summed E-state index contributed by atoms with van der Waals surface area (Å²) in [6, 6.07) is 7.20. The molecule has 0 spiro atoms. The van der Waals surface area contributed by atoms with Crippen LogP contribution in [-0.2, 0) is 31.0 Å². The lowest BCUT2D eigenvalue weighted by molar-refractivity contribution is -0.0440. The Hall–Kier alpha value is -0.960. The Labute approximate surface area is 183 Å². The second-order valence-electron chi connectivity index (χ2n) is 8.66. The van der Waals surface area contributed by atoms with Crippen molar-refractivity contribution in [1.82, 2.24) is 4.31 Å². The van der Waals surface area contributed by atoms with Crippen molar-refractivity contribution in [2.24, 2.45) is 0 Å². The van der Waals surface area contributed by atoms with E-state index in [0.717, 1.165) is 44.1 Å². The van der Waals surface area contributed by atoms with Crippen molar-refractivity contribution >= 4 is 19.9 Å². The average Bonchev–Trinajstić information content (AvgIpc) is 2.66. The highest BCUT2D eigenvalue weighted by Gasteiger charge is 2.32. The summed E-state index contributed by atoms with van der Waals surface area (Å²) in [5, 5.41) is -0.292. The van der Waals surface area contributed by atoms with E-state index < -0.39 is 19.9 Å². The first-order chi connectivity index (χ1) is 14.0. The van der Waals surface area contributed by atoms with Gasteiger partial charge in [0, 0.05) is 13.1 Å². The van der Waals surface area contributed by atoms with E-state index in [1.54, 1.807) is 26.0 Å². The van der Waals surface area contributed by atoms with Gasteiger partial charge in [-0.15, -0.1) is 0 Å². The van der Waals surface area contributed by atoms with E-state index in [1.165, 1.54) is 4.31 Å². The minimum absolute atomic E-state index is 0.103. The predicted molar refractivity (Wildman–Crippen MR) is 121 cm³/mol. The van der Waals surface area contributed by atoms with E-state index in [2.05, 4.69) is 0 Å². The zero-order chi connectivity index (χ0) is 22.4. The topological polar surface area (TPSA) is 80.8 Å². The largest absolute Gasteiger partial charge is 0.373 e. The Morgan fingerprint density at radius 2 is 1.43 bits per heavy atom. The number of nitrogens with zero attached hydrogens (tertiary/aromatic N) is 1. The van der Waals surface area contributed by atoms with Crippen LogP contribution in [0.25, 0.3) is 0 Å². The molecule has 1 aromatic rings. The third kappa shape index (κ3) is 7.32. The van der Waals surface area contributed by atoms with Gasteiger partial charge in [-0.3, -0.25) is 0 Å². The van der Waals surface area contributed by atoms with Crippen LogP contribution in [0.1, 0.15) is 65.4 Å². The summed E-state index contributed by atoms with van der Waals surface area (Å²) in [5.74, 6) is 0.279. The van der Waals surface area contributed by atoms with Crippen LogP contribution in [0.4, 0.5) is 0 Å². The number of rotatable bonds is 11. The molecule has 0 aromatic heterocycles. The van der Waals surface area contributed by atoms with Crippen molar-refractivity contribution in [1.29, 1.82) is 0 Å². The molecule has 8 heteroatoms. The van der Waals surface area contributed by atoms with E-state index in [9.17, 15) is 16.8 Å². The second-order valence-corrected chi connectivity index (χ2v) is 13.3. The van der Waals surface area contributed by atoms with Crippen LogP contribution in [0.15, 0.2) is 29.2 Å². The molecule has 0 aliphatic carbocycles. The van der Waals surface area contributed by atoms with E-state index in [-0.39, 0.29) is 23.2 Å². The first-order valence-electron chi connectivity index (χ1n) is 11.0. The summed E-state index contributed by atoms with van der Waals surface area (Å²) in [5.41, 5.74) is 1.13. The summed E-state index contributed by atoms with van der Waals surface area (Å²) < 4.78 is 56.5. The number of morpholine rings is 1. The van der Waals surface area contributed by atoms with Gasteiger partial charge in [0.05, 0.1) is 28.1 Å². The molecule has 1 heterocycles. The maximum absolute atomic E-state index is 12.9. The molecule has 1 aliphatic rings. The van der Waals surface area contributed by atoms with Crippen LogP contribution in [0.3, 0.4) is 0 Å². The van der Waals surface area contributed by atoms with Crippen LogP contribution < -0.4 is 0 Å². The summed E-state index contributed by atoms with van der Waals surface area (Å²) in [6.45, 7) is 8.01. The van der Waals surface area contributed by atoms with E-state index in [0.29, 0.717) is 18.0 Å². The lowest BCUT2D eigenvalue weighted by Gasteiger charge is -2.34. The van der Waals surface area contributed by atoms with E-state index in [4.69, 9.17) is 4.74 Å². The number of aryl methyl sites for hydroxylation is 1. The van der Waals surface area contributed by atoms with Gasteiger partial charge < -0.3 is 4.74 Å². The highest BCUT2D eigenvalue weighted by molar-refractivity contribution is 7.91. The monoisotopic (exact) mass is 459 g/mol. The molecule has 2 atom stereocenters. The zero-order valence-electron chi connectivity index (χ0n) is 18.7. The fourth-order valence-electron chi connectivity index (χ4n) is 3.70. The second kappa shape index (κ2) is 11.1. The van der Waals surface area contributed by atoms with Crippen LogP contribution in [-0.4, -0.2) is 57.4 Å². The van der Waals surface area contributed by atoms with Gasteiger partial charge in [0.1, 0.15) is 0 Å². The Morgan fingerprint density at radius 3 is 2.00 bits per heavy atom. The molecule has 1 saturated heterocycles. The van der Waals surface area contributed by atoms with Gasteiger partial charge in [-0.2, -0.15) is 4.31 Å². The van der Waals surface area contributed by atoms with Crippen LogP contribution in [0, 0.1) is 0 Å². The van der Waals surface area contributed by atoms with Crippen LogP contribution in [0.5, 0.6) is 0 Å². The fourth-order valence-corrected chi connectivity index (χ4v) is 6.37. The molecular formula is C22H37NO5S2. The molecule has 0 radical (unpaired) electrons. The number of sulfone groups is 1. The maximum Gasteiger partial charge on any atom is 0.243 e. The van der Waals surface area contributed by atoms with Crippen molar-refractivity contribution in [3.63, 3.8) is 0 Å². The molecule has 1 aromatic carbocycles. The number of hydrogen-bond donors (Lipinski definition) is 0. The lowest BCUT2D eigenvalue weighted by atomic mass is 10.1. The predicted octanol–water partition coefficient (Wildman–Crippen LogP) is 3.80. The maximum atomic E-state index is 12.9. The number of benzene rings is 1. The van der Waals surface area contributed by atoms with Crippen LogP contribution in [0.2, 0.25) is 0 Å². The standard InChI is InChI=1S/C22H37NO5S2/c1-18(2)29(24,25)15-9-7-5-6-8-10-21-11-13-22(14-12-21)30(26,27)23-16-19(3)28-20(4)17-23/h11-14,18-20H,5-10,15-17H2,1-4H3/t19-,20+. The Morgan fingerprint density at radius 1 is 0.900 bits per heavy atom. The Balaban J connectivity index is 1.76. The minimum atomic E-state index is -3.49. The molecule has 172 valence electrons. The van der Waals surface area contributed by atoms with Gasteiger partial charge in [-0.25, -0.2) is 16.8 Å². The third-order valence-electron chi connectivity index (χ3n) is 5.56. The number of ether oxygens (including phenoxy) is 1. The number of unbranched alkanes of at least 4 members (excludes halogenated alkanes) is 4. The molecule has 30 heavy (non-hydrogen) atoms. The molecule has 0 saturated carbocycles. The first-order valence-corrected chi connectivity index (χ1v) is 14.1. The van der Waals surface area contributed by atoms with E-state index in [1.807, 2.05) is 26.0 Å².